The van der Waals surface area contributed by atoms with Crippen LogP contribution >= 0.6 is 0 Å². The molecule has 1 N–H and O–H groups in total. The molecule has 0 radical (unpaired) electrons. The Bertz CT molecular complexity index is 1010. The molecule has 8 heteroatoms. The van der Waals surface area contributed by atoms with Crippen molar-refractivity contribution in [2.75, 3.05) is 37.8 Å². The predicted molar refractivity (Wildman–Crippen MR) is 112 cm³/mol. The molecular formula is C22H25N5O3. The number of aromatic nitrogens is 4. The van der Waals surface area contributed by atoms with E-state index in [2.05, 4.69) is 30.0 Å². The Labute approximate surface area is 175 Å². The summed E-state index contributed by atoms with van der Waals surface area (Å²) >= 11 is 0. The zero-order valence-electron chi connectivity index (χ0n) is 16.9. The fourth-order valence-corrected chi connectivity index (χ4v) is 3.86. The van der Waals surface area contributed by atoms with E-state index in [1.54, 1.807) is 4.68 Å². The molecule has 0 bridgehead atoms. The van der Waals surface area contributed by atoms with Crippen molar-refractivity contribution in [1.29, 1.82) is 0 Å². The molecule has 8 nitrogen and oxygen atoms in total. The maximum absolute atomic E-state index is 9.89. The Balaban J connectivity index is 1.52. The van der Waals surface area contributed by atoms with Gasteiger partial charge in [0.25, 0.3) is 0 Å². The first-order chi connectivity index (χ1) is 14.7. The Morgan fingerprint density at radius 3 is 2.67 bits per heavy atom. The first-order valence-corrected chi connectivity index (χ1v) is 10.3. The highest BCUT2D eigenvalue weighted by molar-refractivity contribution is 5.60. The van der Waals surface area contributed by atoms with Gasteiger partial charge in [0, 0.05) is 37.3 Å². The van der Waals surface area contributed by atoms with Gasteiger partial charge in [-0.15, -0.1) is 0 Å². The molecule has 2 aromatic heterocycles. The maximum atomic E-state index is 9.89. The molecule has 2 aliphatic heterocycles. The smallest absolute Gasteiger partial charge is 0.162 e. The van der Waals surface area contributed by atoms with E-state index >= 15 is 0 Å². The van der Waals surface area contributed by atoms with E-state index in [4.69, 9.17) is 24.5 Å². The third-order valence-electron chi connectivity index (χ3n) is 5.45. The second-order valence-corrected chi connectivity index (χ2v) is 7.77. The van der Waals surface area contributed by atoms with Crippen LogP contribution in [0.3, 0.4) is 0 Å². The Morgan fingerprint density at radius 2 is 1.90 bits per heavy atom. The van der Waals surface area contributed by atoms with Gasteiger partial charge < -0.3 is 19.5 Å². The second kappa shape index (κ2) is 8.14. The molecular weight excluding hydrogens is 382 g/mol. The van der Waals surface area contributed by atoms with E-state index in [0.29, 0.717) is 37.9 Å². The van der Waals surface area contributed by atoms with Gasteiger partial charge in [-0.25, -0.2) is 14.6 Å². The van der Waals surface area contributed by atoms with Gasteiger partial charge in [-0.2, -0.15) is 5.10 Å². The number of morpholine rings is 1. The molecule has 1 aromatic carbocycles. The van der Waals surface area contributed by atoms with Gasteiger partial charge in [0.15, 0.2) is 11.6 Å². The van der Waals surface area contributed by atoms with Crippen molar-refractivity contribution in [1.82, 2.24) is 19.7 Å². The van der Waals surface area contributed by atoms with Gasteiger partial charge in [0.1, 0.15) is 11.9 Å². The van der Waals surface area contributed by atoms with Crippen LogP contribution in [0, 0.1) is 6.92 Å². The minimum atomic E-state index is -0.480. The summed E-state index contributed by atoms with van der Waals surface area (Å²) in [5, 5.41) is 14.6. The number of ether oxygens (including phenoxy) is 2. The molecule has 0 amide bonds. The van der Waals surface area contributed by atoms with Gasteiger partial charge in [-0.1, -0.05) is 23.8 Å². The zero-order chi connectivity index (χ0) is 20.5. The Morgan fingerprint density at radius 1 is 1.07 bits per heavy atom. The average molecular weight is 407 g/mol. The van der Waals surface area contributed by atoms with E-state index in [0.717, 1.165) is 30.2 Å². The van der Waals surface area contributed by atoms with Crippen molar-refractivity contribution in [3.63, 3.8) is 0 Å². The lowest BCUT2D eigenvalue weighted by molar-refractivity contribution is 0.0844. The number of hydrogen-bond donors (Lipinski definition) is 1. The molecule has 0 spiro atoms. The van der Waals surface area contributed by atoms with Crippen LogP contribution in [0.25, 0.3) is 17.1 Å². The lowest BCUT2D eigenvalue weighted by Gasteiger charge is -2.28. The maximum Gasteiger partial charge on any atom is 0.162 e. The first-order valence-electron chi connectivity index (χ1n) is 10.3. The van der Waals surface area contributed by atoms with Crippen molar-refractivity contribution >= 4 is 5.82 Å². The second-order valence-electron chi connectivity index (χ2n) is 7.77. The fourth-order valence-electron chi connectivity index (χ4n) is 3.86. The van der Waals surface area contributed by atoms with Crippen LogP contribution in [0.5, 0.6) is 0 Å². The van der Waals surface area contributed by atoms with Crippen LogP contribution in [0.4, 0.5) is 5.82 Å². The van der Waals surface area contributed by atoms with Gasteiger partial charge in [-0.05, 0) is 19.1 Å². The van der Waals surface area contributed by atoms with Gasteiger partial charge in [-0.3, -0.25) is 0 Å². The zero-order valence-corrected chi connectivity index (χ0v) is 16.9. The van der Waals surface area contributed by atoms with E-state index in [-0.39, 0.29) is 6.10 Å². The number of aliphatic hydroxyl groups excluding tert-OH is 1. The molecule has 4 heterocycles. The monoisotopic (exact) mass is 407 g/mol. The number of nitrogens with zero attached hydrogens (tertiary/aromatic N) is 5. The summed E-state index contributed by atoms with van der Waals surface area (Å²) in [6.45, 7) is 5.28. The van der Waals surface area contributed by atoms with Crippen molar-refractivity contribution in [2.45, 2.75) is 25.6 Å². The normalized spacial score (nSPS) is 21.9. The molecule has 0 aliphatic carbocycles. The third-order valence-corrected chi connectivity index (χ3v) is 5.45. The van der Waals surface area contributed by atoms with Gasteiger partial charge in [0.2, 0.25) is 0 Å². The number of hydrogen-bond acceptors (Lipinski definition) is 7. The largest absolute Gasteiger partial charge is 0.391 e. The highest BCUT2D eigenvalue weighted by atomic mass is 16.5. The SMILES string of the molecule is Cc1cccc(-c2ccn(-c3cc(N4CCOCC4)nc([C@H]4C[C@@H](O)CO4)n3)n2)c1. The average Bonchev–Trinajstić information content (AvgIpc) is 3.44. The number of rotatable bonds is 4. The summed E-state index contributed by atoms with van der Waals surface area (Å²) in [6, 6.07) is 12.2. The molecule has 2 aliphatic rings. The predicted octanol–water partition coefficient (Wildman–Crippen LogP) is 2.30. The number of benzene rings is 1. The third kappa shape index (κ3) is 3.94. The Kier molecular flexibility index (Phi) is 5.20. The first kappa shape index (κ1) is 19.2. The molecule has 0 unspecified atom stereocenters. The minimum absolute atomic E-state index is 0.310. The molecule has 2 atom stereocenters. The standard InChI is InChI=1S/C22H25N5O3/c1-15-3-2-4-16(11-15)18-5-6-27(25-18)21-13-20(26-7-9-29-10-8-26)23-22(24-21)19-12-17(28)14-30-19/h2-6,11,13,17,19,28H,7-10,12,14H2,1H3/t17-,19-/m1/s1. The van der Waals surface area contributed by atoms with Crippen molar-refractivity contribution < 1.29 is 14.6 Å². The van der Waals surface area contributed by atoms with Crippen LogP contribution < -0.4 is 4.90 Å². The van der Waals surface area contributed by atoms with E-state index in [9.17, 15) is 5.11 Å². The van der Waals surface area contributed by atoms with Crippen LogP contribution in [0.2, 0.25) is 0 Å². The topological polar surface area (TPSA) is 85.5 Å². The molecule has 0 saturated carbocycles. The van der Waals surface area contributed by atoms with Gasteiger partial charge in [0.05, 0.1) is 31.6 Å². The number of anilines is 1. The van der Waals surface area contributed by atoms with Crippen molar-refractivity contribution in [3.05, 3.63) is 54.0 Å². The number of aryl methyl sites for hydroxylation is 1. The summed E-state index contributed by atoms with van der Waals surface area (Å²) < 4.78 is 13.0. The van der Waals surface area contributed by atoms with Crippen LogP contribution in [-0.2, 0) is 9.47 Å². The van der Waals surface area contributed by atoms with Crippen molar-refractivity contribution in [3.8, 4) is 17.1 Å². The molecule has 30 heavy (non-hydrogen) atoms. The highest BCUT2D eigenvalue weighted by Gasteiger charge is 2.29. The summed E-state index contributed by atoms with van der Waals surface area (Å²) in [7, 11) is 0. The molecule has 156 valence electrons. The molecule has 5 rings (SSSR count). The fraction of sp³-hybridized carbons (Fsp3) is 0.409. The minimum Gasteiger partial charge on any atom is -0.391 e. The summed E-state index contributed by atoms with van der Waals surface area (Å²) in [5.41, 5.74) is 3.15. The van der Waals surface area contributed by atoms with Gasteiger partial charge >= 0.3 is 0 Å². The molecule has 3 aromatic rings. The lowest BCUT2D eigenvalue weighted by atomic mass is 10.1. The van der Waals surface area contributed by atoms with E-state index < -0.39 is 6.10 Å². The van der Waals surface area contributed by atoms with Crippen LogP contribution in [-0.4, -0.2) is 63.9 Å². The summed E-state index contributed by atoms with van der Waals surface area (Å²) in [4.78, 5) is 11.7. The molecule has 2 fully saturated rings. The Hall–Kier alpha value is -2.81. The van der Waals surface area contributed by atoms with Crippen LogP contribution in [0.1, 0.15) is 23.9 Å². The number of aliphatic hydroxyl groups is 1. The van der Waals surface area contributed by atoms with Crippen molar-refractivity contribution in [2.24, 2.45) is 0 Å². The van der Waals surface area contributed by atoms with Crippen LogP contribution in [0.15, 0.2) is 42.6 Å². The van der Waals surface area contributed by atoms with E-state index in [1.807, 2.05) is 24.4 Å². The highest BCUT2D eigenvalue weighted by Crippen LogP contribution is 2.29. The summed E-state index contributed by atoms with van der Waals surface area (Å²) in [6.07, 6.45) is 1.62. The van der Waals surface area contributed by atoms with E-state index in [1.165, 1.54) is 5.56 Å². The molecule has 2 saturated heterocycles. The summed E-state index contributed by atoms with van der Waals surface area (Å²) in [5.74, 6) is 2.10. The lowest BCUT2D eigenvalue weighted by Crippen LogP contribution is -2.37. The quantitative estimate of drug-likeness (QED) is 0.710.